The minimum absolute atomic E-state index is 0.155. The predicted octanol–water partition coefficient (Wildman–Crippen LogP) is 2.03. The van der Waals surface area contributed by atoms with Gasteiger partial charge < -0.3 is 19.4 Å². The Kier molecular flexibility index (Phi) is 6.41. The van der Waals surface area contributed by atoms with E-state index < -0.39 is 0 Å². The summed E-state index contributed by atoms with van der Waals surface area (Å²) < 4.78 is 5.04. The molecule has 0 spiro atoms. The zero-order valence-corrected chi connectivity index (χ0v) is 16.2. The molecule has 1 aromatic heterocycles. The van der Waals surface area contributed by atoms with Crippen LogP contribution in [-0.2, 0) is 11.3 Å². The molecule has 2 amide bonds. The van der Waals surface area contributed by atoms with Gasteiger partial charge in [0.15, 0.2) is 0 Å². The minimum Gasteiger partial charge on any atom is -0.450 e. The van der Waals surface area contributed by atoms with Crippen LogP contribution in [0.2, 0.25) is 0 Å². The number of nitrogens with zero attached hydrogens (tertiary/aromatic N) is 5. The van der Waals surface area contributed by atoms with Gasteiger partial charge in [0.1, 0.15) is 17.8 Å². The molecule has 0 unspecified atom stereocenters. The van der Waals surface area contributed by atoms with Gasteiger partial charge in [-0.05, 0) is 12.5 Å². The van der Waals surface area contributed by atoms with Crippen LogP contribution in [-0.4, -0.2) is 71.6 Å². The van der Waals surface area contributed by atoms with Crippen molar-refractivity contribution in [3.63, 3.8) is 0 Å². The van der Waals surface area contributed by atoms with Crippen LogP contribution in [0.15, 0.2) is 42.7 Å². The number of hydrogen-bond acceptors (Lipinski definition) is 6. The summed E-state index contributed by atoms with van der Waals surface area (Å²) in [5, 5.41) is 0. The van der Waals surface area contributed by atoms with Crippen molar-refractivity contribution in [3.8, 4) is 0 Å². The largest absolute Gasteiger partial charge is 0.450 e. The third-order valence-electron chi connectivity index (χ3n) is 4.61. The van der Waals surface area contributed by atoms with E-state index >= 15 is 0 Å². The monoisotopic (exact) mass is 383 g/mol. The van der Waals surface area contributed by atoms with Gasteiger partial charge in [-0.2, -0.15) is 0 Å². The molecule has 3 rings (SSSR count). The first-order valence-corrected chi connectivity index (χ1v) is 9.36. The fraction of sp³-hybridized carbons (Fsp3) is 0.400. The molecular weight excluding hydrogens is 358 g/mol. The zero-order chi connectivity index (χ0) is 19.9. The van der Waals surface area contributed by atoms with E-state index in [9.17, 15) is 9.59 Å². The fourth-order valence-corrected chi connectivity index (χ4v) is 3.09. The summed E-state index contributed by atoms with van der Waals surface area (Å²) in [6, 6.07) is 11.5. The molecule has 8 nitrogen and oxygen atoms in total. The van der Waals surface area contributed by atoms with Crippen LogP contribution < -0.4 is 4.90 Å². The average molecular weight is 383 g/mol. The number of carbonyl (C=O) groups is 2. The van der Waals surface area contributed by atoms with Crippen molar-refractivity contribution in [3.05, 3.63) is 54.0 Å². The zero-order valence-electron chi connectivity index (χ0n) is 16.2. The van der Waals surface area contributed by atoms with Gasteiger partial charge >= 0.3 is 6.09 Å². The summed E-state index contributed by atoms with van der Waals surface area (Å²) in [6.07, 6.45) is 1.12. The standard InChI is InChI=1S/C20H25N5O3/c1-3-28-20(27)25-11-9-24(10-12-25)18-13-17(21-15-22-18)19(26)23(2)14-16-7-5-4-6-8-16/h4-8,13,15H,3,9-12,14H2,1-2H3. The number of hydrogen-bond donors (Lipinski definition) is 0. The molecule has 1 aliphatic heterocycles. The van der Waals surface area contributed by atoms with Crippen molar-refractivity contribution < 1.29 is 14.3 Å². The molecular formula is C20H25N5O3. The highest BCUT2D eigenvalue weighted by molar-refractivity contribution is 5.92. The predicted molar refractivity (Wildman–Crippen MR) is 105 cm³/mol. The van der Waals surface area contributed by atoms with Gasteiger partial charge in [0.25, 0.3) is 5.91 Å². The van der Waals surface area contributed by atoms with Crippen LogP contribution in [0.3, 0.4) is 0 Å². The third-order valence-corrected chi connectivity index (χ3v) is 4.61. The Morgan fingerprint density at radius 3 is 2.50 bits per heavy atom. The van der Waals surface area contributed by atoms with Gasteiger partial charge in [0.2, 0.25) is 0 Å². The maximum absolute atomic E-state index is 12.7. The van der Waals surface area contributed by atoms with Crippen LogP contribution in [0.5, 0.6) is 0 Å². The van der Waals surface area contributed by atoms with Gasteiger partial charge in [0.05, 0.1) is 6.61 Å². The topological polar surface area (TPSA) is 78.9 Å². The van der Waals surface area contributed by atoms with Gasteiger partial charge in [-0.15, -0.1) is 0 Å². The molecule has 28 heavy (non-hydrogen) atoms. The third kappa shape index (κ3) is 4.76. The highest BCUT2D eigenvalue weighted by atomic mass is 16.6. The summed E-state index contributed by atoms with van der Waals surface area (Å²) in [6.45, 7) is 5.04. The Morgan fingerprint density at radius 2 is 1.82 bits per heavy atom. The fourth-order valence-electron chi connectivity index (χ4n) is 3.09. The lowest BCUT2D eigenvalue weighted by Crippen LogP contribution is -2.49. The lowest BCUT2D eigenvalue weighted by molar-refractivity contribution is 0.0779. The van der Waals surface area contributed by atoms with Crippen LogP contribution >= 0.6 is 0 Å². The molecule has 1 saturated heterocycles. The van der Waals surface area contributed by atoms with Crippen LogP contribution in [0.4, 0.5) is 10.6 Å². The molecule has 1 aromatic carbocycles. The summed E-state index contributed by atoms with van der Waals surface area (Å²) in [7, 11) is 1.76. The molecule has 0 atom stereocenters. The number of piperazine rings is 1. The summed E-state index contributed by atoms with van der Waals surface area (Å²) in [5.74, 6) is 0.535. The average Bonchev–Trinajstić information content (AvgIpc) is 2.74. The number of benzene rings is 1. The van der Waals surface area contributed by atoms with E-state index in [1.165, 1.54) is 6.33 Å². The first kappa shape index (κ1) is 19.6. The Morgan fingerprint density at radius 1 is 1.11 bits per heavy atom. The smallest absolute Gasteiger partial charge is 0.409 e. The van der Waals surface area contributed by atoms with Gasteiger partial charge in [0, 0.05) is 45.8 Å². The summed E-state index contributed by atoms with van der Waals surface area (Å²) in [4.78, 5) is 38.4. The number of anilines is 1. The molecule has 0 radical (unpaired) electrons. The van der Waals surface area contributed by atoms with Crippen molar-refractivity contribution >= 4 is 17.8 Å². The molecule has 2 aromatic rings. The van der Waals surface area contributed by atoms with E-state index in [1.807, 2.05) is 35.2 Å². The second-order valence-electron chi connectivity index (χ2n) is 6.58. The number of ether oxygens (including phenoxy) is 1. The number of amides is 2. The molecule has 0 aliphatic carbocycles. The SMILES string of the molecule is CCOC(=O)N1CCN(c2cc(C(=O)N(C)Cc3ccccc3)ncn2)CC1. The first-order chi connectivity index (χ1) is 13.6. The van der Waals surface area contributed by atoms with Crippen molar-refractivity contribution in [1.82, 2.24) is 19.8 Å². The van der Waals surface area contributed by atoms with E-state index in [0.717, 1.165) is 5.56 Å². The van der Waals surface area contributed by atoms with Crippen LogP contribution in [0.25, 0.3) is 0 Å². The molecule has 0 bridgehead atoms. The van der Waals surface area contributed by atoms with E-state index in [-0.39, 0.29) is 12.0 Å². The van der Waals surface area contributed by atoms with Crippen LogP contribution in [0, 0.1) is 0 Å². The molecule has 1 aliphatic rings. The summed E-state index contributed by atoms with van der Waals surface area (Å²) in [5.41, 5.74) is 1.42. The highest BCUT2D eigenvalue weighted by Gasteiger charge is 2.23. The molecule has 1 fully saturated rings. The van der Waals surface area contributed by atoms with Gasteiger partial charge in [-0.3, -0.25) is 4.79 Å². The quantitative estimate of drug-likeness (QED) is 0.786. The second-order valence-corrected chi connectivity index (χ2v) is 6.58. The van der Waals surface area contributed by atoms with Crippen molar-refractivity contribution in [2.45, 2.75) is 13.5 Å². The highest BCUT2D eigenvalue weighted by Crippen LogP contribution is 2.16. The van der Waals surface area contributed by atoms with Crippen LogP contribution in [0.1, 0.15) is 23.0 Å². The lowest BCUT2D eigenvalue weighted by Gasteiger charge is -2.34. The molecule has 8 heteroatoms. The Balaban J connectivity index is 1.62. The second kappa shape index (κ2) is 9.16. The van der Waals surface area contributed by atoms with Crippen molar-refractivity contribution in [1.29, 1.82) is 0 Å². The van der Waals surface area contributed by atoms with Crippen molar-refractivity contribution in [2.24, 2.45) is 0 Å². The van der Waals surface area contributed by atoms with E-state index in [2.05, 4.69) is 9.97 Å². The van der Waals surface area contributed by atoms with E-state index in [1.54, 1.807) is 29.8 Å². The number of carbonyl (C=O) groups excluding carboxylic acids is 2. The Labute approximate surface area is 164 Å². The normalized spacial score (nSPS) is 13.9. The minimum atomic E-state index is -0.289. The lowest BCUT2D eigenvalue weighted by atomic mass is 10.2. The maximum Gasteiger partial charge on any atom is 0.409 e. The Hall–Kier alpha value is -3.16. The van der Waals surface area contributed by atoms with E-state index in [0.29, 0.717) is 50.8 Å². The molecule has 2 heterocycles. The first-order valence-electron chi connectivity index (χ1n) is 9.36. The van der Waals surface area contributed by atoms with E-state index in [4.69, 9.17) is 4.74 Å². The van der Waals surface area contributed by atoms with Gasteiger partial charge in [-0.1, -0.05) is 30.3 Å². The number of aromatic nitrogens is 2. The molecule has 0 saturated carbocycles. The molecule has 0 N–H and O–H groups in total. The van der Waals surface area contributed by atoms with Gasteiger partial charge in [-0.25, -0.2) is 14.8 Å². The Bertz CT molecular complexity index is 806. The van der Waals surface area contributed by atoms with Crippen molar-refractivity contribution in [2.75, 3.05) is 44.7 Å². The molecule has 148 valence electrons. The summed E-state index contributed by atoms with van der Waals surface area (Å²) >= 11 is 0. The number of rotatable bonds is 5. The maximum atomic E-state index is 12.7.